The third-order valence-corrected chi connectivity index (χ3v) is 15.4. The fourth-order valence-electron chi connectivity index (χ4n) is 9.95. The molecule has 4 aliphatic heterocycles. The number of ether oxygens (including phenoxy) is 2. The number of benzene rings is 9. The van der Waals surface area contributed by atoms with Gasteiger partial charge in [-0.15, -0.1) is 0 Å². The standard InChI is InChI=1S/C55H36B2N2O2S2/c1-35-54-46(56-52-44(42-26-14-16-28-50(42)62-56)30-40(32-48(52)60-54)58(36-18-6-2-7-19-36)37-20-8-3-9-21-37)34-47-55(35)61-49-33-41(31-45-43-27-15-17-29-51(43)63-57(47)53(45)49)59(38-22-10-4-11-23-38)39-24-12-5-13-25-39/h2-34H,1H3. The van der Waals surface area contributed by atoms with Crippen LogP contribution in [0.2, 0.25) is 0 Å². The molecule has 8 heteroatoms. The zero-order chi connectivity index (χ0) is 41.6. The minimum Gasteiger partial charge on any atom is -0.458 e. The lowest BCUT2D eigenvalue weighted by Gasteiger charge is -2.38. The fraction of sp³-hybridized carbons (Fsp3) is 0.0182. The first-order chi connectivity index (χ1) is 31.2. The van der Waals surface area contributed by atoms with E-state index in [1.165, 1.54) is 53.9 Å². The summed E-state index contributed by atoms with van der Waals surface area (Å²) >= 11 is 3.86. The first-order valence-electron chi connectivity index (χ1n) is 21.4. The summed E-state index contributed by atoms with van der Waals surface area (Å²) in [7, 11) is 0. The molecule has 4 heterocycles. The second kappa shape index (κ2) is 14.6. The zero-order valence-corrected chi connectivity index (χ0v) is 35.9. The highest BCUT2D eigenvalue weighted by Gasteiger charge is 2.45. The molecule has 0 spiro atoms. The van der Waals surface area contributed by atoms with Gasteiger partial charge in [-0.25, -0.2) is 0 Å². The van der Waals surface area contributed by atoms with Crippen LogP contribution in [0.1, 0.15) is 5.56 Å². The molecular weight excluding hydrogens is 806 g/mol. The molecule has 0 amide bonds. The number of nitrogens with zero attached hydrogens (tertiary/aromatic N) is 2. The number of hydrogen-bond donors (Lipinski definition) is 0. The van der Waals surface area contributed by atoms with Crippen molar-refractivity contribution < 1.29 is 9.47 Å². The van der Waals surface area contributed by atoms with Crippen LogP contribution in [-0.4, -0.2) is 12.0 Å². The SMILES string of the molecule is Cc1c2c(cc3c1Oc1cc(N(c4ccccc4)c4ccccc4)cc4c1B3Sc1ccccc1-4)B1Sc3ccccc3-c3cc(N(c4ccccc4)c4ccccc4)cc(c31)O2. The average molecular weight is 843 g/mol. The van der Waals surface area contributed by atoms with E-state index in [0.717, 1.165) is 62.7 Å². The highest BCUT2D eigenvalue weighted by Crippen LogP contribution is 2.51. The van der Waals surface area contributed by atoms with Gasteiger partial charge in [-0.1, -0.05) is 115 Å². The molecule has 9 aromatic carbocycles. The summed E-state index contributed by atoms with van der Waals surface area (Å²) in [6.45, 7) is 2.19. The van der Waals surface area contributed by atoms with Crippen LogP contribution in [0.3, 0.4) is 0 Å². The number of anilines is 6. The molecule has 0 bridgehead atoms. The molecule has 0 aromatic heterocycles. The summed E-state index contributed by atoms with van der Waals surface area (Å²) in [6, 6.07) is 71.8. The summed E-state index contributed by atoms with van der Waals surface area (Å²) in [4.78, 5) is 7.20. The van der Waals surface area contributed by atoms with Gasteiger partial charge in [0.25, 0.3) is 12.0 Å². The highest BCUT2D eigenvalue weighted by molar-refractivity contribution is 8.28. The summed E-state index contributed by atoms with van der Waals surface area (Å²) in [5.74, 6) is 3.58. The van der Waals surface area contributed by atoms with Crippen LogP contribution in [-0.2, 0) is 0 Å². The van der Waals surface area contributed by atoms with Crippen LogP contribution < -0.4 is 41.1 Å². The fourth-order valence-corrected chi connectivity index (χ4v) is 12.7. The van der Waals surface area contributed by atoms with Gasteiger partial charge in [-0.2, -0.15) is 23.2 Å². The average Bonchev–Trinajstić information content (AvgIpc) is 3.34. The Hall–Kier alpha value is -6.99. The Balaban J connectivity index is 0.999. The molecule has 4 nitrogen and oxygen atoms in total. The normalized spacial score (nSPS) is 13.2. The summed E-state index contributed by atoms with van der Waals surface area (Å²) < 4.78 is 14.6. The maximum atomic E-state index is 7.29. The van der Waals surface area contributed by atoms with Crippen LogP contribution in [0.25, 0.3) is 22.3 Å². The van der Waals surface area contributed by atoms with Gasteiger partial charge in [0.1, 0.15) is 23.0 Å². The van der Waals surface area contributed by atoms with Crippen molar-refractivity contribution >= 4 is 91.2 Å². The van der Waals surface area contributed by atoms with Crippen molar-refractivity contribution in [3.63, 3.8) is 0 Å². The zero-order valence-electron chi connectivity index (χ0n) is 34.2. The van der Waals surface area contributed by atoms with E-state index in [-0.39, 0.29) is 12.0 Å². The molecule has 4 aliphatic rings. The first-order valence-corrected chi connectivity index (χ1v) is 23.1. The lowest BCUT2D eigenvalue weighted by atomic mass is 9.52. The van der Waals surface area contributed by atoms with E-state index >= 15 is 0 Å². The monoisotopic (exact) mass is 842 g/mol. The van der Waals surface area contributed by atoms with Crippen molar-refractivity contribution in [3.8, 4) is 45.3 Å². The van der Waals surface area contributed by atoms with Crippen LogP contribution in [0.4, 0.5) is 34.1 Å². The van der Waals surface area contributed by atoms with Crippen LogP contribution in [0.15, 0.2) is 210 Å². The van der Waals surface area contributed by atoms with Crippen molar-refractivity contribution in [3.05, 3.63) is 206 Å². The van der Waals surface area contributed by atoms with Gasteiger partial charge in [0, 0.05) is 50.2 Å². The van der Waals surface area contributed by atoms with Crippen molar-refractivity contribution in [2.24, 2.45) is 0 Å². The molecule has 0 fully saturated rings. The Bertz CT molecular complexity index is 2990. The molecule has 0 unspecified atom stereocenters. The van der Waals surface area contributed by atoms with Gasteiger partial charge in [-0.3, -0.25) is 0 Å². The van der Waals surface area contributed by atoms with E-state index in [1.807, 2.05) is 23.2 Å². The van der Waals surface area contributed by atoms with Gasteiger partial charge in [0.2, 0.25) is 0 Å². The Labute approximate surface area is 376 Å². The van der Waals surface area contributed by atoms with Crippen molar-refractivity contribution in [2.75, 3.05) is 9.80 Å². The summed E-state index contributed by atoms with van der Waals surface area (Å²) in [5.41, 5.74) is 17.2. The summed E-state index contributed by atoms with van der Waals surface area (Å²) in [6.07, 6.45) is 0. The van der Waals surface area contributed by atoms with E-state index in [0.29, 0.717) is 0 Å². The molecular formula is C55H36B2N2O2S2. The van der Waals surface area contributed by atoms with Gasteiger partial charge in [0.05, 0.1) is 11.4 Å². The second-order valence-electron chi connectivity index (χ2n) is 16.4. The largest absolute Gasteiger partial charge is 0.458 e. The molecule has 0 N–H and O–H groups in total. The van der Waals surface area contributed by atoms with E-state index in [9.17, 15) is 0 Å². The molecule has 0 atom stereocenters. The molecule has 296 valence electrons. The Morgan fingerprint density at radius 1 is 0.365 bits per heavy atom. The number of rotatable bonds is 6. The van der Waals surface area contributed by atoms with Crippen LogP contribution in [0.5, 0.6) is 23.0 Å². The lowest BCUT2D eigenvalue weighted by Crippen LogP contribution is -2.52. The predicted molar refractivity (Wildman–Crippen MR) is 266 cm³/mol. The molecule has 0 radical (unpaired) electrons. The molecule has 13 rings (SSSR count). The van der Waals surface area contributed by atoms with E-state index < -0.39 is 0 Å². The Morgan fingerprint density at radius 3 is 1.10 bits per heavy atom. The van der Waals surface area contributed by atoms with Crippen LogP contribution in [0, 0.1) is 6.92 Å². The summed E-state index contributed by atoms with van der Waals surface area (Å²) in [5, 5.41) is 0. The number of hydrogen-bond acceptors (Lipinski definition) is 6. The Kier molecular flexibility index (Phi) is 8.46. The van der Waals surface area contributed by atoms with E-state index in [4.69, 9.17) is 9.47 Å². The third kappa shape index (κ3) is 5.82. The van der Waals surface area contributed by atoms with Crippen molar-refractivity contribution in [1.82, 2.24) is 0 Å². The molecule has 0 aliphatic carbocycles. The van der Waals surface area contributed by atoms with Crippen molar-refractivity contribution in [2.45, 2.75) is 16.7 Å². The molecule has 0 saturated heterocycles. The third-order valence-electron chi connectivity index (χ3n) is 12.7. The van der Waals surface area contributed by atoms with Gasteiger partial charge in [-0.05, 0) is 124 Å². The quantitative estimate of drug-likeness (QED) is 0.155. The van der Waals surface area contributed by atoms with Gasteiger partial charge < -0.3 is 19.3 Å². The van der Waals surface area contributed by atoms with E-state index in [1.54, 1.807) is 0 Å². The van der Waals surface area contributed by atoms with Gasteiger partial charge >= 0.3 is 0 Å². The maximum absolute atomic E-state index is 7.29. The first kappa shape index (κ1) is 36.6. The lowest BCUT2D eigenvalue weighted by molar-refractivity contribution is 0.459. The van der Waals surface area contributed by atoms with E-state index in [2.05, 4.69) is 217 Å². The predicted octanol–water partition coefficient (Wildman–Crippen LogP) is 12.9. The molecule has 63 heavy (non-hydrogen) atoms. The number of fused-ring (bicyclic) bond motifs is 8. The molecule has 0 saturated carbocycles. The highest BCUT2D eigenvalue weighted by atomic mass is 32.2. The molecule has 9 aromatic rings. The minimum absolute atomic E-state index is 0.0306. The topological polar surface area (TPSA) is 24.9 Å². The number of para-hydroxylation sites is 4. The van der Waals surface area contributed by atoms with Gasteiger partial charge in [0.15, 0.2) is 0 Å². The second-order valence-corrected chi connectivity index (χ2v) is 18.6. The van der Waals surface area contributed by atoms with Crippen molar-refractivity contribution in [1.29, 1.82) is 0 Å². The Morgan fingerprint density at radius 2 is 0.714 bits per heavy atom. The smallest absolute Gasteiger partial charge is 0.289 e. The van der Waals surface area contributed by atoms with Crippen LogP contribution >= 0.6 is 23.2 Å². The maximum Gasteiger partial charge on any atom is 0.289 e. The minimum atomic E-state index is 0.0306.